The summed E-state index contributed by atoms with van der Waals surface area (Å²) in [6.45, 7) is 2.28. The molecule has 0 saturated heterocycles. The molecule has 2 rings (SSSR count). The van der Waals surface area contributed by atoms with Gasteiger partial charge in [-0.3, -0.25) is 0 Å². The largest absolute Gasteiger partial charge is 0.382 e. The van der Waals surface area contributed by atoms with Crippen molar-refractivity contribution in [3.8, 4) is 0 Å². The predicted octanol–water partition coefficient (Wildman–Crippen LogP) is 4.33. The number of rotatable bonds is 3. The van der Waals surface area contributed by atoms with Gasteiger partial charge in [0, 0.05) is 16.8 Å². The van der Waals surface area contributed by atoms with E-state index in [4.69, 9.17) is 11.6 Å². The van der Waals surface area contributed by atoms with E-state index in [1.54, 1.807) is 0 Å². The maximum atomic E-state index is 5.96. The smallest absolute Gasteiger partial charge is 0.0426 e. The van der Waals surface area contributed by atoms with Crippen LogP contribution in [0.1, 0.15) is 32.6 Å². The SMILES string of the molecule is CCC1CCCC1Nc1cccc(Cl)c1. The van der Waals surface area contributed by atoms with Crippen molar-refractivity contribution in [3.63, 3.8) is 0 Å². The molecule has 2 unspecified atom stereocenters. The topological polar surface area (TPSA) is 12.0 Å². The van der Waals surface area contributed by atoms with Crippen molar-refractivity contribution < 1.29 is 0 Å². The Morgan fingerprint density at radius 3 is 3.00 bits per heavy atom. The minimum Gasteiger partial charge on any atom is -0.382 e. The highest BCUT2D eigenvalue weighted by Crippen LogP contribution is 2.31. The quantitative estimate of drug-likeness (QED) is 0.804. The Morgan fingerprint density at radius 1 is 1.40 bits per heavy atom. The van der Waals surface area contributed by atoms with E-state index < -0.39 is 0 Å². The van der Waals surface area contributed by atoms with Crippen LogP contribution >= 0.6 is 11.6 Å². The fourth-order valence-electron chi connectivity index (χ4n) is 2.51. The molecule has 1 nitrogen and oxygen atoms in total. The summed E-state index contributed by atoms with van der Waals surface area (Å²) in [5.74, 6) is 0.837. The molecule has 0 heterocycles. The Morgan fingerprint density at radius 2 is 2.27 bits per heavy atom. The van der Waals surface area contributed by atoms with Crippen LogP contribution in [0.15, 0.2) is 24.3 Å². The second kappa shape index (κ2) is 4.89. The van der Waals surface area contributed by atoms with Gasteiger partial charge >= 0.3 is 0 Å². The van der Waals surface area contributed by atoms with Crippen molar-refractivity contribution in [1.29, 1.82) is 0 Å². The molecule has 2 heteroatoms. The predicted molar refractivity (Wildman–Crippen MR) is 66.5 cm³/mol. The molecule has 1 N–H and O–H groups in total. The summed E-state index contributed by atoms with van der Waals surface area (Å²) in [6.07, 6.45) is 5.30. The van der Waals surface area contributed by atoms with Gasteiger partial charge in [0.15, 0.2) is 0 Å². The molecule has 0 amide bonds. The van der Waals surface area contributed by atoms with Crippen LogP contribution in [0.3, 0.4) is 0 Å². The number of hydrogen-bond donors (Lipinski definition) is 1. The first kappa shape index (κ1) is 10.8. The van der Waals surface area contributed by atoms with Crippen LogP contribution in [0.2, 0.25) is 5.02 Å². The third-order valence-electron chi connectivity index (χ3n) is 3.36. The Hall–Kier alpha value is -0.690. The fourth-order valence-corrected chi connectivity index (χ4v) is 2.70. The highest BCUT2D eigenvalue weighted by molar-refractivity contribution is 6.30. The highest BCUT2D eigenvalue weighted by Gasteiger charge is 2.25. The lowest BCUT2D eigenvalue weighted by Gasteiger charge is -2.20. The van der Waals surface area contributed by atoms with Gasteiger partial charge in [0.25, 0.3) is 0 Å². The first-order chi connectivity index (χ1) is 7.29. The van der Waals surface area contributed by atoms with Gasteiger partial charge < -0.3 is 5.32 Å². The second-order valence-corrected chi connectivity index (χ2v) is 4.80. The zero-order valence-electron chi connectivity index (χ0n) is 9.17. The van der Waals surface area contributed by atoms with E-state index in [1.807, 2.05) is 18.2 Å². The van der Waals surface area contributed by atoms with E-state index in [0.717, 1.165) is 16.6 Å². The average molecular weight is 224 g/mol. The molecule has 1 aliphatic carbocycles. The summed E-state index contributed by atoms with van der Waals surface area (Å²) in [5, 5.41) is 4.41. The highest BCUT2D eigenvalue weighted by atomic mass is 35.5. The molecule has 0 aromatic heterocycles. The molecule has 0 spiro atoms. The maximum Gasteiger partial charge on any atom is 0.0426 e. The van der Waals surface area contributed by atoms with Crippen LogP contribution in [0.25, 0.3) is 0 Å². The lowest BCUT2D eigenvalue weighted by molar-refractivity contribution is 0.489. The number of benzene rings is 1. The summed E-state index contributed by atoms with van der Waals surface area (Å²) in [5.41, 5.74) is 1.16. The molecule has 2 atom stereocenters. The fraction of sp³-hybridized carbons (Fsp3) is 0.538. The Bertz CT molecular complexity index is 324. The molecule has 1 aromatic carbocycles. The normalized spacial score (nSPS) is 25.5. The van der Waals surface area contributed by atoms with Crippen molar-refractivity contribution in [2.24, 2.45) is 5.92 Å². The van der Waals surface area contributed by atoms with Gasteiger partial charge in [-0.15, -0.1) is 0 Å². The third kappa shape index (κ3) is 2.66. The summed E-state index contributed by atoms with van der Waals surface area (Å²) in [7, 11) is 0. The molecular formula is C13H18ClN. The molecule has 0 bridgehead atoms. The van der Waals surface area contributed by atoms with Gasteiger partial charge in [-0.05, 0) is 37.0 Å². The average Bonchev–Trinajstić information content (AvgIpc) is 2.65. The van der Waals surface area contributed by atoms with Gasteiger partial charge in [-0.1, -0.05) is 37.4 Å². The van der Waals surface area contributed by atoms with Gasteiger partial charge in [0.05, 0.1) is 0 Å². The van der Waals surface area contributed by atoms with E-state index in [1.165, 1.54) is 25.7 Å². The van der Waals surface area contributed by atoms with Crippen molar-refractivity contribution in [2.75, 3.05) is 5.32 Å². The Balaban J connectivity index is 2.02. The van der Waals surface area contributed by atoms with E-state index in [-0.39, 0.29) is 0 Å². The summed E-state index contributed by atoms with van der Waals surface area (Å²) < 4.78 is 0. The minimum atomic E-state index is 0.647. The van der Waals surface area contributed by atoms with Gasteiger partial charge in [0.1, 0.15) is 0 Å². The maximum absolute atomic E-state index is 5.96. The Labute approximate surface area is 96.8 Å². The van der Waals surface area contributed by atoms with Crippen molar-refractivity contribution in [3.05, 3.63) is 29.3 Å². The summed E-state index contributed by atoms with van der Waals surface area (Å²) >= 11 is 5.96. The first-order valence-electron chi connectivity index (χ1n) is 5.81. The van der Waals surface area contributed by atoms with Crippen molar-refractivity contribution >= 4 is 17.3 Å². The van der Waals surface area contributed by atoms with Gasteiger partial charge in [-0.25, -0.2) is 0 Å². The zero-order chi connectivity index (χ0) is 10.7. The first-order valence-corrected chi connectivity index (χ1v) is 6.19. The van der Waals surface area contributed by atoms with Gasteiger partial charge in [-0.2, -0.15) is 0 Å². The summed E-state index contributed by atoms with van der Waals surface area (Å²) in [4.78, 5) is 0. The van der Waals surface area contributed by atoms with Crippen molar-refractivity contribution in [2.45, 2.75) is 38.6 Å². The molecule has 1 aromatic rings. The van der Waals surface area contributed by atoms with Crippen LogP contribution in [0.4, 0.5) is 5.69 Å². The van der Waals surface area contributed by atoms with E-state index in [0.29, 0.717) is 6.04 Å². The molecule has 15 heavy (non-hydrogen) atoms. The molecule has 0 radical (unpaired) electrons. The lowest BCUT2D eigenvalue weighted by atomic mass is 10.0. The zero-order valence-corrected chi connectivity index (χ0v) is 9.93. The van der Waals surface area contributed by atoms with Crippen LogP contribution in [0, 0.1) is 5.92 Å². The molecule has 1 aliphatic rings. The molecular weight excluding hydrogens is 206 g/mol. The molecule has 1 fully saturated rings. The van der Waals surface area contributed by atoms with E-state index in [2.05, 4.69) is 18.3 Å². The molecule has 1 saturated carbocycles. The van der Waals surface area contributed by atoms with Crippen LogP contribution in [0.5, 0.6) is 0 Å². The standard InChI is InChI=1S/C13H18ClN/c1-2-10-5-3-8-13(10)15-12-7-4-6-11(14)9-12/h4,6-7,9-10,13,15H,2-3,5,8H2,1H3. The van der Waals surface area contributed by atoms with E-state index >= 15 is 0 Å². The minimum absolute atomic E-state index is 0.647. The number of nitrogens with one attached hydrogen (secondary N) is 1. The second-order valence-electron chi connectivity index (χ2n) is 4.36. The van der Waals surface area contributed by atoms with Gasteiger partial charge in [0.2, 0.25) is 0 Å². The lowest BCUT2D eigenvalue weighted by Crippen LogP contribution is -2.23. The number of anilines is 1. The molecule has 82 valence electrons. The third-order valence-corrected chi connectivity index (χ3v) is 3.60. The van der Waals surface area contributed by atoms with Crippen LogP contribution < -0.4 is 5.32 Å². The Kier molecular flexibility index (Phi) is 3.53. The van der Waals surface area contributed by atoms with Crippen molar-refractivity contribution in [1.82, 2.24) is 0 Å². The monoisotopic (exact) mass is 223 g/mol. The number of hydrogen-bond acceptors (Lipinski definition) is 1. The number of halogens is 1. The van der Waals surface area contributed by atoms with Crippen LogP contribution in [-0.2, 0) is 0 Å². The summed E-state index contributed by atoms with van der Waals surface area (Å²) in [6, 6.07) is 8.66. The molecule has 0 aliphatic heterocycles. The van der Waals surface area contributed by atoms with E-state index in [9.17, 15) is 0 Å². The van der Waals surface area contributed by atoms with Crippen LogP contribution in [-0.4, -0.2) is 6.04 Å².